The summed E-state index contributed by atoms with van der Waals surface area (Å²) in [7, 11) is 4.33. The third-order valence-corrected chi connectivity index (χ3v) is 7.15. The highest BCUT2D eigenvalue weighted by molar-refractivity contribution is 7.19. The van der Waals surface area contributed by atoms with E-state index in [-0.39, 0.29) is 18.7 Å². The van der Waals surface area contributed by atoms with Crippen LogP contribution in [0.3, 0.4) is 0 Å². The quantitative estimate of drug-likeness (QED) is 0.714. The van der Waals surface area contributed by atoms with Crippen LogP contribution in [0.2, 0.25) is 0 Å². The van der Waals surface area contributed by atoms with E-state index >= 15 is 0 Å². The van der Waals surface area contributed by atoms with Gasteiger partial charge < -0.3 is 19.8 Å². The molecule has 0 spiro atoms. The van der Waals surface area contributed by atoms with Crippen LogP contribution in [0.5, 0.6) is 5.88 Å². The molecule has 0 unspecified atom stereocenters. The van der Waals surface area contributed by atoms with Crippen molar-refractivity contribution in [1.82, 2.24) is 14.9 Å². The monoisotopic (exact) mass is 421 g/mol. The Labute approximate surface area is 175 Å². The number of nitrogens with zero attached hydrogens (tertiary/aromatic N) is 3. The zero-order valence-electron chi connectivity index (χ0n) is 17.4. The molecule has 0 aromatic carbocycles. The average molecular weight is 422 g/mol. The van der Waals surface area contributed by atoms with Crippen LogP contribution in [0.15, 0.2) is 6.33 Å². The number of aliphatic hydroxyl groups excluding tert-OH is 1. The summed E-state index contributed by atoms with van der Waals surface area (Å²) in [5.41, 5.74) is 1.35. The largest absolute Gasteiger partial charge is 0.483 e. The molecule has 1 saturated carbocycles. The van der Waals surface area contributed by atoms with E-state index < -0.39 is 0 Å². The fourth-order valence-electron chi connectivity index (χ4n) is 4.61. The van der Waals surface area contributed by atoms with E-state index in [1.165, 1.54) is 23.3 Å². The van der Waals surface area contributed by atoms with Crippen LogP contribution in [0.4, 0.5) is 0 Å². The first kappa shape index (κ1) is 21.9. The van der Waals surface area contributed by atoms with Crippen molar-refractivity contribution in [3.05, 3.63) is 16.8 Å². The third-order valence-electron chi connectivity index (χ3n) is 5.97. The molecule has 7 nitrogen and oxygen atoms in total. The van der Waals surface area contributed by atoms with Gasteiger partial charge in [0.15, 0.2) is 0 Å². The summed E-state index contributed by atoms with van der Waals surface area (Å²) in [6.45, 7) is 1.63. The lowest BCUT2D eigenvalue weighted by molar-refractivity contribution is -0.122. The zero-order valence-corrected chi connectivity index (χ0v) is 18.2. The van der Waals surface area contributed by atoms with Crippen molar-refractivity contribution in [3.8, 4) is 5.88 Å². The lowest BCUT2D eigenvalue weighted by Gasteiger charge is -2.32. The first-order chi connectivity index (χ1) is 13.9. The fraction of sp³-hybridized carbons (Fsp3) is 0.667. The summed E-state index contributed by atoms with van der Waals surface area (Å²) in [4.78, 5) is 22.2. The first-order valence-corrected chi connectivity index (χ1v) is 11.1. The van der Waals surface area contributed by atoms with Gasteiger partial charge in [0.1, 0.15) is 17.3 Å². The predicted octanol–water partition coefficient (Wildman–Crippen LogP) is 3.44. The van der Waals surface area contributed by atoms with Crippen LogP contribution in [0, 0.1) is 0 Å². The second kappa shape index (κ2) is 9.82. The fourth-order valence-corrected chi connectivity index (χ4v) is 5.85. The summed E-state index contributed by atoms with van der Waals surface area (Å²) in [6.07, 6.45) is 9.13. The van der Waals surface area contributed by atoms with Crippen molar-refractivity contribution in [2.75, 3.05) is 14.1 Å². The Bertz CT molecular complexity index is 816. The Balaban J connectivity index is 0.000000755. The van der Waals surface area contributed by atoms with Crippen LogP contribution < -0.4 is 4.74 Å². The second-order valence-electron chi connectivity index (χ2n) is 8.24. The molecule has 2 aliphatic rings. The van der Waals surface area contributed by atoms with Gasteiger partial charge in [-0.3, -0.25) is 4.79 Å². The van der Waals surface area contributed by atoms with Gasteiger partial charge in [0.25, 0.3) is 6.47 Å². The van der Waals surface area contributed by atoms with Gasteiger partial charge in [0.2, 0.25) is 5.88 Å². The number of thiophene rings is 1. The maximum absolute atomic E-state index is 9.88. The van der Waals surface area contributed by atoms with Gasteiger partial charge in [-0.15, -0.1) is 11.3 Å². The summed E-state index contributed by atoms with van der Waals surface area (Å²) in [6, 6.07) is 0.668. The predicted molar refractivity (Wildman–Crippen MR) is 114 cm³/mol. The van der Waals surface area contributed by atoms with E-state index in [0.29, 0.717) is 12.0 Å². The van der Waals surface area contributed by atoms with E-state index in [9.17, 15) is 5.11 Å². The molecule has 2 N–H and O–H groups in total. The lowest BCUT2D eigenvalue weighted by atomic mass is 9.92. The smallest absolute Gasteiger partial charge is 0.290 e. The van der Waals surface area contributed by atoms with Crippen molar-refractivity contribution in [2.45, 2.75) is 76.0 Å². The van der Waals surface area contributed by atoms with Gasteiger partial charge in [-0.25, -0.2) is 9.97 Å². The number of hydrogen-bond acceptors (Lipinski definition) is 7. The number of carboxylic acid groups (broad SMARTS) is 1. The number of carbonyl (C=O) groups is 1. The number of fused-ring (bicyclic) bond motifs is 3. The molecule has 1 fully saturated rings. The molecule has 2 atom stereocenters. The molecule has 0 radical (unpaired) electrons. The van der Waals surface area contributed by atoms with E-state index in [0.717, 1.165) is 48.2 Å². The lowest BCUT2D eigenvalue weighted by Crippen LogP contribution is -2.35. The number of hydrogen-bond donors (Lipinski definition) is 2. The molecule has 0 aliphatic heterocycles. The standard InChI is InChI=1S/C20H29N3O2S.CH2O2/c1-12(24)10-13-4-9-16-17(13)18-19(21-11-22-20(18)26-16)25-15-7-5-14(6-8-15)23(2)3;2-1-3/h11-15,24H,4-10H2,1-3H3;1H,(H,2,3)/t12-,13+,14?,15?;/m0./s1. The Kier molecular flexibility index (Phi) is 7.43. The van der Waals surface area contributed by atoms with Crippen molar-refractivity contribution < 1.29 is 19.7 Å². The molecule has 4 rings (SSSR count). The SMILES string of the molecule is C[C@H](O)C[C@H]1CCc2sc3ncnc(OC4CCC(N(C)C)CC4)c3c21.O=CO. The molecular weight excluding hydrogens is 390 g/mol. The topological polar surface area (TPSA) is 95.8 Å². The second-order valence-corrected chi connectivity index (χ2v) is 9.32. The molecule has 160 valence electrons. The molecule has 2 aliphatic carbocycles. The van der Waals surface area contributed by atoms with Crippen LogP contribution in [-0.2, 0) is 11.2 Å². The minimum absolute atomic E-state index is 0.247. The van der Waals surface area contributed by atoms with Crippen LogP contribution >= 0.6 is 11.3 Å². The molecule has 2 aromatic rings. The Hall–Kier alpha value is -1.77. The molecule has 2 heterocycles. The van der Waals surface area contributed by atoms with Gasteiger partial charge in [-0.05, 0) is 77.4 Å². The highest BCUT2D eigenvalue weighted by Crippen LogP contribution is 2.47. The Morgan fingerprint density at radius 2 is 1.97 bits per heavy atom. The highest BCUT2D eigenvalue weighted by Gasteiger charge is 2.32. The molecule has 0 amide bonds. The van der Waals surface area contributed by atoms with Crippen LogP contribution in [0.1, 0.15) is 61.8 Å². The van der Waals surface area contributed by atoms with Gasteiger partial charge in [-0.1, -0.05) is 0 Å². The summed E-state index contributed by atoms with van der Waals surface area (Å²) in [5, 5.41) is 17.9. The number of rotatable bonds is 5. The van der Waals surface area contributed by atoms with E-state index in [4.69, 9.17) is 14.6 Å². The Morgan fingerprint density at radius 1 is 1.28 bits per heavy atom. The van der Waals surface area contributed by atoms with Gasteiger partial charge in [-0.2, -0.15) is 0 Å². The number of ether oxygens (including phenoxy) is 1. The van der Waals surface area contributed by atoms with Crippen LogP contribution in [0.25, 0.3) is 10.2 Å². The highest BCUT2D eigenvalue weighted by atomic mass is 32.1. The normalized spacial score (nSPS) is 24.7. The minimum Gasteiger partial charge on any atom is -0.483 e. The number of aliphatic hydroxyl groups is 1. The maximum Gasteiger partial charge on any atom is 0.290 e. The summed E-state index contributed by atoms with van der Waals surface area (Å²) < 4.78 is 6.41. The van der Waals surface area contributed by atoms with Crippen molar-refractivity contribution in [1.29, 1.82) is 0 Å². The van der Waals surface area contributed by atoms with Gasteiger partial charge in [0.05, 0.1) is 11.5 Å². The van der Waals surface area contributed by atoms with Crippen molar-refractivity contribution >= 4 is 28.0 Å². The average Bonchev–Trinajstić information content (AvgIpc) is 3.22. The first-order valence-electron chi connectivity index (χ1n) is 10.3. The maximum atomic E-state index is 9.88. The number of aryl methyl sites for hydroxylation is 1. The molecule has 0 bridgehead atoms. The summed E-state index contributed by atoms with van der Waals surface area (Å²) in [5.74, 6) is 1.16. The van der Waals surface area contributed by atoms with E-state index in [2.05, 4.69) is 29.0 Å². The van der Waals surface area contributed by atoms with E-state index in [1.54, 1.807) is 17.7 Å². The third kappa shape index (κ3) is 5.05. The van der Waals surface area contributed by atoms with Gasteiger partial charge in [0, 0.05) is 10.9 Å². The molecule has 0 saturated heterocycles. The van der Waals surface area contributed by atoms with Gasteiger partial charge >= 0.3 is 0 Å². The molecule has 29 heavy (non-hydrogen) atoms. The number of aromatic nitrogens is 2. The van der Waals surface area contributed by atoms with Crippen molar-refractivity contribution in [2.24, 2.45) is 0 Å². The van der Waals surface area contributed by atoms with E-state index in [1.807, 2.05) is 6.92 Å². The minimum atomic E-state index is -0.281. The van der Waals surface area contributed by atoms with Crippen molar-refractivity contribution in [3.63, 3.8) is 0 Å². The zero-order chi connectivity index (χ0) is 21.0. The summed E-state index contributed by atoms with van der Waals surface area (Å²) >= 11 is 1.78. The molecule has 2 aromatic heterocycles. The molecule has 8 heteroatoms. The van der Waals surface area contributed by atoms with Crippen LogP contribution in [-0.4, -0.2) is 63.9 Å². The molecular formula is C21H31N3O4S. The Morgan fingerprint density at radius 3 is 2.59 bits per heavy atom.